The number of aromatic nitrogens is 2. The Morgan fingerprint density at radius 3 is 2.59 bits per heavy atom. The Bertz CT molecular complexity index is 1330. The van der Waals surface area contributed by atoms with Crippen molar-refractivity contribution in [2.75, 3.05) is 44.2 Å². The highest BCUT2D eigenvalue weighted by molar-refractivity contribution is 8.26. The summed E-state index contributed by atoms with van der Waals surface area (Å²) in [4.78, 5) is 50.1. The van der Waals surface area contributed by atoms with E-state index >= 15 is 0 Å². The molecule has 0 aromatic carbocycles. The second-order valence-electron chi connectivity index (χ2n) is 9.97. The fraction of sp³-hybridized carbons (Fsp3) is 0.536. The minimum absolute atomic E-state index is 0.160. The van der Waals surface area contributed by atoms with Crippen molar-refractivity contribution in [3.8, 4) is 0 Å². The number of unbranched alkanes of at least 4 members (excludes halogenated alkanes) is 1. The summed E-state index contributed by atoms with van der Waals surface area (Å²) in [5.74, 6) is 0.729. The van der Waals surface area contributed by atoms with Crippen LogP contribution in [-0.2, 0) is 9.53 Å². The second-order valence-corrected chi connectivity index (χ2v) is 11.6. The molecule has 9 nitrogen and oxygen atoms in total. The van der Waals surface area contributed by atoms with Crippen LogP contribution < -0.4 is 10.5 Å². The molecule has 2 amide bonds. The van der Waals surface area contributed by atoms with Gasteiger partial charge in [0.1, 0.15) is 15.8 Å². The summed E-state index contributed by atoms with van der Waals surface area (Å²) >= 11 is 6.84. The van der Waals surface area contributed by atoms with Gasteiger partial charge in [0, 0.05) is 38.9 Å². The third-order valence-electron chi connectivity index (χ3n) is 7.22. The number of piperazine rings is 1. The van der Waals surface area contributed by atoms with Gasteiger partial charge < -0.3 is 14.5 Å². The fourth-order valence-electron chi connectivity index (χ4n) is 4.89. The van der Waals surface area contributed by atoms with Crippen molar-refractivity contribution in [3.05, 3.63) is 44.7 Å². The highest BCUT2D eigenvalue weighted by atomic mass is 32.2. The van der Waals surface area contributed by atoms with Crippen molar-refractivity contribution in [2.45, 2.75) is 53.4 Å². The van der Waals surface area contributed by atoms with Gasteiger partial charge in [-0.1, -0.05) is 63.2 Å². The molecule has 0 spiro atoms. The summed E-state index contributed by atoms with van der Waals surface area (Å²) in [6, 6.07) is 3.73. The quantitative estimate of drug-likeness (QED) is 0.316. The van der Waals surface area contributed by atoms with Gasteiger partial charge >= 0.3 is 6.09 Å². The van der Waals surface area contributed by atoms with Gasteiger partial charge in [0.2, 0.25) is 0 Å². The molecule has 0 aliphatic carbocycles. The molecule has 0 N–H and O–H groups in total. The molecule has 1 atom stereocenters. The van der Waals surface area contributed by atoms with E-state index in [2.05, 4.69) is 13.8 Å². The van der Waals surface area contributed by atoms with Crippen LogP contribution in [0.25, 0.3) is 11.7 Å². The van der Waals surface area contributed by atoms with E-state index in [1.54, 1.807) is 29.0 Å². The van der Waals surface area contributed by atoms with Crippen LogP contribution in [0.15, 0.2) is 28.0 Å². The van der Waals surface area contributed by atoms with E-state index in [0.717, 1.165) is 31.2 Å². The average Bonchev–Trinajstić information content (AvgIpc) is 3.20. The van der Waals surface area contributed by atoms with Gasteiger partial charge in [-0.3, -0.25) is 18.9 Å². The van der Waals surface area contributed by atoms with Crippen LogP contribution in [0.1, 0.15) is 57.6 Å². The van der Waals surface area contributed by atoms with Gasteiger partial charge in [-0.2, -0.15) is 0 Å². The van der Waals surface area contributed by atoms with E-state index in [1.807, 2.05) is 24.0 Å². The zero-order chi connectivity index (χ0) is 28.1. The summed E-state index contributed by atoms with van der Waals surface area (Å²) < 4.78 is 7.19. The number of aryl methyl sites for hydroxylation is 1. The lowest BCUT2D eigenvalue weighted by Crippen LogP contribution is -2.49. The zero-order valence-electron chi connectivity index (χ0n) is 23.1. The molecule has 2 aromatic rings. The largest absolute Gasteiger partial charge is 0.450 e. The number of nitrogens with zero attached hydrogens (tertiary/aromatic N) is 5. The monoisotopic (exact) mass is 571 g/mol. The summed E-state index contributed by atoms with van der Waals surface area (Å²) in [5, 5.41) is 0. The number of rotatable bonds is 9. The van der Waals surface area contributed by atoms with Crippen molar-refractivity contribution in [1.29, 1.82) is 0 Å². The molecule has 210 valence electrons. The minimum atomic E-state index is -0.340. The molecule has 11 heteroatoms. The second kappa shape index (κ2) is 13.0. The molecule has 0 saturated carbocycles. The van der Waals surface area contributed by atoms with Crippen molar-refractivity contribution in [2.24, 2.45) is 5.92 Å². The summed E-state index contributed by atoms with van der Waals surface area (Å²) in [6.07, 6.45) is 7.35. The van der Waals surface area contributed by atoms with Crippen molar-refractivity contribution >= 4 is 57.8 Å². The lowest BCUT2D eigenvalue weighted by atomic mass is 9.99. The predicted molar refractivity (Wildman–Crippen MR) is 160 cm³/mol. The van der Waals surface area contributed by atoms with Crippen LogP contribution in [-0.4, -0.2) is 74.8 Å². The molecule has 0 bridgehead atoms. The van der Waals surface area contributed by atoms with Crippen molar-refractivity contribution < 1.29 is 14.3 Å². The highest BCUT2D eigenvalue weighted by Crippen LogP contribution is 2.35. The number of carbonyl (C=O) groups excluding carboxylic acids is 2. The lowest BCUT2D eigenvalue weighted by molar-refractivity contribution is -0.122. The first kappa shape index (κ1) is 29.1. The van der Waals surface area contributed by atoms with Gasteiger partial charge in [0.15, 0.2) is 0 Å². The molecule has 2 aromatic heterocycles. The standard InChI is InChI=1S/C28H37N5O4S2/c1-5-8-9-20(6-2)18-33-26(35)22(39-28(33)38)16-21-24(29-23-11-10-19(4)17-32(23)25(21)34)30-12-14-31(15-13-30)27(36)37-7-3/h10-11,16-17,20H,5-9,12-15,18H2,1-4H3. The van der Waals surface area contributed by atoms with Crippen LogP contribution >= 0.6 is 24.0 Å². The molecule has 4 rings (SSSR count). The highest BCUT2D eigenvalue weighted by Gasteiger charge is 2.34. The Kier molecular flexibility index (Phi) is 9.66. The van der Waals surface area contributed by atoms with Crippen LogP contribution in [0, 0.1) is 12.8 Å². The predicted octanol–water partition coefficient (Wildman–Crippen LogP) is 4.70. The van der Waals surface area contributed by atoms with E-state index in [-0.39, 0.29) is 17.6 Å². The van der Waals surface area contributed by atoms with Crippen molar-refractivity contribution in [3.63, 3.8) is 0 Å². The number of amides is 2. The molecule has 1 unspecified atom stereocenters. The maximum atomic E-state index is 13.8. The Labute approximate surface area is 239 Å². The average molecular weight is 572 g/mol. The summed E-state index contributed by atoms with van der Waals surface area (Å²) in [7, 11) is 0. The van der Waals surface area contributed by atoms with Crippen LogP contribution in [0.3, 0.4) is 0 Å². The number of hydrogen-bond donors (Lipinski definition) is 0. The normalized spacial score (nSPS) is 17.9. The lowest BCUT2D eigenvalue weighted by Gasteiger charge is -2.35. The number of thiocarbonyl (C=S) groups is 1. The molecular formula is C28H37N5O4S2. The number of pyridine rings is 1. The van der Waals surface area contributed by atoms with Crippen LogP contribution in [0.2, 0.25) is 0 Å². The zero-order valence-corrected chi connectivity index (χ0v) is 24.8. The van der Waals surface area contributed by atoms with Gasteiger partial charge in [0.05, 0.1) is 17.1 Å². The number of carbonyl (C=O) groups is 2. The Morgan fingerprint density at radius 2 is 1.92 bits per heavy atom. The summed E-state index contributed by atoms with van der Waals surface area (Å²) in [5.41, 5.74) is 1.56. The molecule has 2 aliphatic rings. The summed E-state index contributed by atoms with van der Waals surface area (Å²) in [6.45, 7) is 10.8. The SMILES string of the molecule is CCCCC(CC)CN1C(=O)C(=Cc2c(N3CCN(C(=O)OCC)CC3)nc3ccc(C)cn3c2=O)SC1=S. The number of fused-ring (bicyclic) bond motifs is 1. The Morgan fingerprint density at radius 1 is 1.18 bits per heavy atom. The molecule has 39 heavy (non-hydrogen) atoms. The van der Waals surface area contributed by atoms with E-state index in [1.165, 1.54) is 16.2 Å². The van der Waals surface area contributed by atoms with E-state index < -0.39 is 0 Å². The number of hydrogen-bond acceptors (Lipinski definition) is 8. The molecule has 2 saturated heterocycles. The van der Waals surface area contributed by atoms with Gasteiger partial charge in [-0.15, -0.1) is 0 Å². The van der Waals surface area contributed by atoms with E-state index in [0.29, 0.717) is 71.5 Å². The molecular weight excluding hydrogens is 534 g/mol. The van der Waals surface area contributed by atoms with Gasteiger partial charge in [-0.25, -0.2) is 9.78 Å². The third kappa shape index (κ3) is 6.46. The Balaban J connectivity index is 1.68. The van der Waals surface area contributed by atoms with E-state index in [4.69, 9.17) is 21.9 Å². The molecule has 4 heterocycles. The molecule has 2 fully saturated rings. The van der Waals surface area contributed by atoms with Crippen molar-refractivity contribution in [1.82, 2.24) is 19.2 Å². The first-order chi connectivity index (χ1) is 18.8. The Hall–Kier alpha value is -2.92. The van der Waals surface area contributed by atoms with Gasteiger partial charge in [0.25, 0.3) is 11.5 Å². The molecule has 2 aliphatic heterocycles. The smallest absolute Gasteiger partial charge is 0.409 e. The molecule has 0 radical (unpaired) electrons. The third-order valence-corrected chi connectivity index (χ3v) is 8.60. The van der Waals surface area contributed by atoms with E-state index in [9.17, 15) is 14.4 Å². The maximum absolute atomic E-state index is 13.8. The number of ether oxygens (including phenoxy) is 1. The first-order valence-electron chi connectivity index (χ1n) is 13.7. The van der Waals surface area contributed by atoms with Gasteiger partial charge in [-0.05, 0) is 43.9 Å². The maximum Gasteiger partial charge on any atom is 0.409 e. The minimum Gasteiger partial charge on any atom is -0.450 e. The fourth-order valence-corrected chi connectivity index (χ4v) is 6.15. The van der Waals surface area contributed by atoms with Crippen LogP contribution in [0.4, 0.5) is 10.6 Å². The number of anilines is 1. The number of thioether (sulfide) groups is 1. The first-order valence-corrected chi connectivity index (χ1v) is 14.9. The topological polar surface area (TPSA) is 87.5 Å². The van der Waals surface area contributed by atoms with Crippen LogP contribution in [0.5, 0.6) is 0 Å².